The first kappa shape index (κ1) is 20.1. The molecule has 9 heteroatoms. The maximum atomic E-state index is 13.5. The van der Waals surface area contributed by atoms with Gasteiger partial charge >= 0.3 is 6.03 Å². The van der Waals surface area contributed by atoms with E-state index in [9.17, 15) is 23.2 Å². The molecule has 1 aliphatic heterocycles. The van der Waals surface area contributed by atoms with Crippen LogP contribution in [0.15, 0.2) is 36.8 Å². The second kappa shape index (κ2) is 7.23. The Hall–Kier alpha value is -3.23. The molecule has 2 aliphatic rings. The van der Waals surface area contributed by atoms with E-state index in [1.54, 1.807) is 30.5 Å². The summed E-state index contributed by atoms with van der Waals surface area (Å²) in [6, 6.07) is 5.97. The molecule has 1 spiro atoms. The zero-order valence-corrected chi connectivity index (χ0v) is 16.3. The molecule has 0 unspecified atom stereocenters. The molecule has 1 aromatic heterocycles. The zero-order valence-electron chi connectivity index (χ0n) is 16.3. The number of benzene rings is 1. The smallest absolute Gasteiger partial charge is 0.323 e. The van der Waals surface area contributed by atoms with Gasteiger partial charge in [-0.05, 0) is 25.3 Å². The number of aryl methyl sites for hydroxylation is 1. The molecule has 0 radical (unpaired) electrons. The van der Waals surface area contributed by atoms with Crippen LogP contribution in [0.3, 0.4) is 0 Å². The van der Waals surface area contributed by atoms with Crippen LogP contribution in [0.1, 0.15) is 41.6 Å². The number of ketones is 1. The van der Waals surface area contributed by atoms with Crippen LogP contribution >= 0.6 is 0 Å². The molecule has 2 heterocycles. The van der Waals surface area contributed by atoms with Crippen LogP contribution in [0.2, 0.25) is 0 Å². The molecular formula is C21H20F2N4O3. The first-order valence-electron chi connectivity index (χ1n) is 9.63. The van der Waals surface area contributed by atoms with Crippen LogP contribution in [0.5, 0.6) is 0 Å². The molecule has 30 heavy (non-hydrogen) atoms. The Morgan fingerprint density at radius 1 is 1.13 bits per heavy atom. The van der Waals surface area contributed by atoms with E-state index >= 15 is 0 Å². The SMILES string of the molecule is Cc1cncnc1-c1ccc(C(=O)CN2C(=O)NC3(CCC(F)(F)CC3)C2=O)cc1. The molecule has 4 rings (SSSR count). The first-order valence-corrected chi connectivity index (χ1v) is 9.63. The maximum Gasteiger partial charge on any atom is 0.325 e. The van der Waals surface area contributed by atoms with Crippen molar-refractivity contribution < 1.29 is 23.2 Å². The van der Waals surface area contributed by atoms with Crippen LogP contribution in [0, 0.1) is 6.92 Å². The summed E-state index contributed by atoms with van der Waals surface area (Å²) in [5.41, 5.74) is 1.45. The Kier molecular flexibility index (Phi) is 4.83. The van der Waals surface area contributed by atoms with Crippen LogP contribution in [0.25, 0.3) is 11.3 Å². The van der Waals surface area contributed by atoms with E-state index in [-0.39, 0.29) is 12.8 Å². The highest BCUT2D eigenvalue weighted by Crippen LogP contribution is 2.41. The number of amides is 3. The fourth-order valence-electron chi connectivity index (χ4n) is 3.95. The fourth-order valence-corrected chi connectivity index (χ4v) is 3.95. The van der Waals surface area contributed by atoms with Gasteiger partial charge in [0, 0.05) is 30.2 Å². The average Bonchev–Trinajstić information content (AvgIpc) is 2.95. The number of imide groups is 1. The van der Waals surface area contributed by atoms with Crippen LogP contribution in [-0.4, -0.2) is 50.6 Å². The molecule has 0 atom stereocenters. The molecule has 1 aliphatic carbocycles. The number of nitrogens with one attached hydrogen (secondary N) is 1. The lowest BCUT2D eigenvalue weighted by Crippen LogP contribution is -2.51. The van der Waals surface area contributed by atoms with E-state index in [0.717, 1.165) is 21.7 Å². The lowest BCUT2D eigenvalue weighted by molar-refractivity contribution is -0.135. The Balaban J connectivity index is 1.47. The lowest BCUT2D eigenvalue weighted by atomic mass is 9.80. The molecule has 1 saturated carbocycles. The van der Waals surface area contributed by atoms with E-state index in [0.29, 0.717) is 5.56 Å². The van der Waals surface area contributed by atoms with E-state index in [1.807, 2.05) is 6.92 Å². The van der Waals surface area contributed by atoms with E-state index < -0.39 is 48.6 Å². The van der Waals surface area contributed by atoms with Gasteiger partial charge in [0.25, 0.3) is 5.91 Å². The number of hydrogen-bond donors (Lipinski definition) is 1. The third kappa shape index (κ3) is 3.55. The summed E-state index contributed by atoms with van der Waals surface area (Å²) < 4.78 is 26.9. The van der Waals surface area contributed by atoms with Crippen molar-refractivity contribution in [3.63, 3.8) is 0 Å². The number of carbonyl (C=O) groups is 3. The highest BCUT2D eigenvalue weighted by molar-refractivity contribution is 6.11. The van der Waals surface area contributed by atoms with E-state index in [1.165, 1.54) is 6.33 Å². The number of rotatable bonds is 4. The Labute approximate surface area is 171 Å². The highest BCUT2D eigenvalue weighted by atomic mass is 19.3. The van der Waals surface area contributed by atoms with Gasteiger partial charge in [-0.2, -0.15) is 0 Å². The fraction of sp³-hybridized carbons (Fsp3) is 0.381. The largest absolute Gasteiger partial charge is 0.325 e. The van der Waals surface area contributed by atoms with Gasteiger partial charge in [0.15, 0.2) is 5.78 Å². The number of hydrogen-bond acceptors (Lipinski definition) is 5. The van der Waals surface area contributed by atoms with Crippen molar-refractivity contribution in [2.24, 2.45) is 0 Å². The minimum atomic E-state index is -2.83. The summed E-state index contributed by atoms with van der Waals surface area (Å²) in [4.78, 5) is 46.7. The monoisotopic (exact) mass is 414 g/mol. The van der Waals surface area contributed by atoms with Crippen LogP contribution < -0.4 is 5.32 Å². The molecule has 0 bridgehead atoms. The molecule has 2 aromatic rings. The molecule has 1 aromatic carbocycles. The van der Waals surface area contributed by atoms with Gasteiger partial charge in [-0.3, -0.25) is 14.5 Å². The van der Waals surface area contributed by atoms with Gasteiger partial charge in [0.1, 0.15) is 11.9 Å². The molecule has 2 fully saturated rings. The van der Waals surface area contributed by atoms with Crippen molar-refractivity contribution in [2.75, 3.05) is 6.54 Å². The maximum absolute atomic E-state index is 13.5. The minimum absolute atomic E-state index is 0.137. The summed E-state index contributed by atoms with van der Waals surface area (Å²) in [7, 11) is 0. The van der Waals surface area contributed by atoms with Gasteiger partial charge < -0.3 is 5.32 Å². The number of carbonyl (C=O) groups excluding carboxylic acids is 3. The average molecular weight is 414 g/mol. The third-order valence-electron chi connectivity index (χ3n) is 5.76. The predicted molar refractivity (Wildman–Crippen MR) is 103 cm³/mol. The summed E-state index contributed by atoms with van der Waals surface area (Å²) >= 11 is 0. The van der Waals surface area contributed by atoms with Crippen molar-refractivity contribution >= 4 is 17.7 Å². The molecule has 1 N–H and O–H groups in total. The first-order chi connectivity index (χ1) is 14.2. The second-order valence-corrected chi connectivity index (χ2v) is 7.81. The van der Waals surface area contributed by atoms with Crippen molar-refractivity contribution in [3.8, 4) is 11.3 Å². The Morgan fingerprint density at radius 2 is 1.80 bits per heavy atom. The normalized spacial score (nSPS) is 19.8. The number of halogens is 2. The van der Waals surface area contributed by atoms with Crippen molar-refractivity contribution in [2.45, 2.75) is 44.1 Å². The predicted octanol–water partition coefficient (Wildman–Crippen LogP) is 3.13. The quantitative estimate of drug-likeness (QED) is 0.613. The standard InChI is InChI=1S/C21H20F2N4O3/c1-13-10-24-12-25-17(13)15-4-2-14(3-5-15)16(28)11-27-18(29)20(26-19(27)30)6-8-21(22,23)9-7-20/h2-5,10,12H,6-9,11H2,1H3,(H,26,30). The summed E-state index contributed by atoms with van der Waals surface area (Å²) in [6.07, 6.45) is 1.92. The van der Waals surface area contributed by atoms with Crippen molar-refractivity contribution in [3.05, 3.63) is 47.9 Å². The Morgan fingerprint density at radius 3 is 2.43 bits per heavy atom. The van der Waals surface area contributed by atoms with Gasteiger partial charge in [-0.25, -0.2) is 23.5 Å². The molecule has 7 nitrogen and oxygen atoms in total. The molecule has 156 valence electrons. The molecular weight excluding hydrogens is 394 g/mol. The number of urea groups is 1. The lowest BCUT2D eigenvalue weighted by Gasteiger charge is -2.34. The number of aromatic nitrogens is 2. The van der Waals surface area contributed by atoms with E-state index in [2.05, 4.69) is 15.3 Å². The second-order valence-electron chi connectivity index (χ2n) is 7.81. The summed E-state index contributed by atoms with van der Waals surface area (Å²) in [5.74, 6) is -3.85. The number of nitrogens with zero attached hydrogens (tertiary/aromatic N) is 3. The zero-order chi connectivity index (χ0) is 21.5. The van der Waals surface area contributed by atoms with Crippen molar-refractivity contribution in [1.82, 2.24) is 20.2 Å². The topological polar surface area (TPSA) is 92.3 Å². The van der Waals surface area contributed by atoms with E-state index in [4.69, 9.17) is 0 Å². The molecule has 3 amide bonds. The minimum Gasteiger partial charge on any atom is -0.323 e. The summed E-state index contributed by atoms with van der Waals surface area (Å²) in [6.45, 7) is 1.44. The molecule has 1 saturated heterocycles. The number of Topliss-reactive ketones (excluding diaryl/α,β-unsaturated/α-hetero) is 1. The van der Waals surface area contributed by atoms with Gasteiger partial charge in [0.05, 0.1) is 12.2 Å². The van der Waals surface area contributed by atoms with Crippen LogP contribution in [0.4, 0.5) is 13.6 Å². The van der Waals surface area contributed by atoms with Gasteiger partial charge in [0.2, 0.25) is 5.92 Å². The third-order valence-corrected chi connectivity index (χ3v) is 5.76. The van der Waals surface area contributed by atoms with Gasteiger partial charge in [-0.15, -0.1) is 0 Å². The van der Waals surface area contributed by atoms with Crippen LogP contribution in [-0.2, 0) is 4.79 Å². The highest BCUT2D eigenvalue weighted by Gasteiger charge is 2.55. The number of alkyl halides is 2. The Bertz CT molecular complexity index is 1010. The van der Waals surface area contributed by atoms with Crippen molar-refractivity contribution in [1.29, 1.82) is 0 Å². The van der Waals surface area contributed by atoms with Gasteiger partial charge in [-0.1, -0.05) is 24.3 Å². The summed E-state index contributed by atoms with van der Waals surface area (Å²) in [5, 5.41) is 2.54.